The summed E-state index contributed by atoms with van der Waals surface area (Å²) in [6, 6.07) is 3.88. The molecule has 1 N–H and O–H groups in total. The normalized spacial score (nSPS) is 10.2. The fourth-order valence-corrected chi connectivity index (χ4v) is 2.17. The van der Waals surface area contributed by atoms with E-state index in [-0.39, 0.29) is 12.5 Å². The molecule has 0 unspecified atom stereocenters. The van der Waals surface area contributed by atoms with E-state index in [0.717, 1.165) is 16.7 Å². The fraction of sp³-hybridized carbons (Fsp3) is 0.429. The van der Waals surface area contributed by atoms with Crippen molar-refractivity contribution in [3.63, 3.8) is 0 Å². The van der Waals surface area contributed by atoms with Gasteiger partial charge in [-0.2, -0.15) is 0 Å². The number of rotatable bonds is 4. The SMILES string of the molecule is CCN(CC(=O)O)C(=O)c1c(C)cc(C)cc1C. The van der Waals surface area contributed by atoms with Gasteiger partial charge in [0, 0.05) is 12.1 Å². The number of likely N-dealkylation sites (N-methyl/N-ethyl adjacent to an activating group) is 1. The van der Waals surface area contributed by atoms with Crippen LogP contribution >= 0.6 is 0 Å². The fourth-order valence-electron chi connectivity index (χ4n) is 2.17. The van der Waals surface area contributed by atoms with E-state index in [1.165, 1.54) is 4.90 Å². The van der Waals surface area contributed by atoms with Crippen molar-refractivity contribution in [2.45, 2.75) is 27.7 Å². The number of aryl methyl sites for hydroxylation is 3. The highest BCUT2D eigenvalue weighted by molar-refractivity contribution is 5.98. The van der Waals surface area contributed by atoms with Crippen LogP contribution in [0.15, 0.2) is 12.1 Å². The molecule has 0 bridgehead atoms. The quantitative estimate of drug-likeness (QED) is 0.889. The Morgan fingerprint density at radius 1 is 1.17 bits per heavy atom. The third-order valence-corrected chi connectivity index (χ3v) is 2.89. The Morgan fingerprint density at radius 2 is 1.67 bits per heavy atom. The lowest BCUT2D eigenvalue weighted by molar-refractivity contribution is -0.137. The molecule has 18 heavy (non-hydrogen) atoms. The first-order chi connectivity index (χ1) is 8.36. The molecule has 0 atom stereocenters. The second kappa shape index (κ2) is 5.67. The van der Waals surface area contributed by atoms with Crippen molar-refractivity contribution in [3.8, 4) is 0 Å². The zero-order valence-electron chi connectivity index (χ0n) is 11.3. The number of carbonyl (C=O) groups excluding carboxylic acids is 1. The van der Waals surface area contributed by atoms with E-state index >= 15 is 0 Å². The number of carbonyl (C=O) groups is 2. The molecular weight excluding hydrogens is 230 g/mol. The predicted molar refractivity (Wildman–Crippen MR) is 69.9 cm³/mol. The standard InChI is InChI=1S/C14H19NO3/c1-5-15(8-12(16)17)14(18)13-10(3)6-9(2)7-11(13)4/h6-7H,5,8H2,1-4H3,(H,16,17). The summed E-state index contributed by atoms with van der Waals surface area (Å²) >= 11 is 0. The van der Waals surface area contributed by atoms with Crippen molar-refractivity contribution in [1.29, 1.82) is 0 Å². The van der Waals surface area contributed by atoms with Gasteiger partial charge in [-0.1, -0.05) is 17.7 Å². The number of aliphatic carboxylic acids is 1. The molecule has 0 saturated heterocycles. The van der Waals surface area contributed by atoms with Gasteiger partial charge in [0.25, 0.3) is 5.91 Å². The van der Waals surface area contributed by atoms with Gasteiger partial charge < -0.3 is 10.0 Å². The van der Waals surface area contributed by atoms with E-state index < -0.39 is 5.97 Å². The van der Waals surface area contributed by atoms with E-state index in [4.69, 9.17) is 5.11 Å². The molecule has 0 heterocycles. The van der Waals surface area contributed by atoms with Crippen molar-refractivity contribution in [2.24, 2.45) is 0 Å². The summed E-state index contributed by atoms with van der Waals surface area (Å²) in [5.41, 5.74) is 3.49. The van der Waals surface area contributed by atoms with Gasteiger partial charge >= 0.3 is 5.97 Å². The van der Waals surface area contributed by atoms with E-state index in [1.807, 2.05) is 32.9 Å². The van der Waals surface area contributed by atoms with Crippen molar-refractivity contribution < 1.29 is 14.7 Å². The maximum Gasteiger partial charge on any atom is 0.323 e. The lowest BCUT2D eigenvalue weighted by atomic mass is 9.99. The summed E-state index contributed by atoms with van der Waals surface area (Å²) in [5, 5.41) is 8.80. The molecule has 0 aliphatic heterocycles. The molecule has 1 rings (SSSR count). The molecule has 0 spiro atoms. The van der Waals surface area contributed by atoms with Crippen molar-refractivity contribution in [2.75, 3.05) is 13.1 Å². The smallest absolute Gasteiger partial charge is 0.323 e. The third kappa shape index (κ3) is 3.09. The molecule has 0 aromatic heterocycles. The summed E-state index contributed by atoms with van der Waals surface area (Å²) in [6.07, 6.45) is 0. The zero-order chi connectivity index (χ0) is 13.9. The lowest BCUT2D eigenvalue weighted by Gasteiger charge is -2.21. The lowest BCUT2D eigenvalue weighted by Crippen LogP contribution is -2.36. The molecule has 0 aliphatic rings. The van der Waals surface area contributed by atoms with Crippen molar-refractivity contribution >= 4 is 11.9 Å². The Bertz CT molecular complexity index is 457. The predicted octanol–water partition coefficient (Wildman–Crippen LogP) is 2.16. The minimum atomic E-state index is -0.993. The molecule has 1 amide bonds. The first kappa shape index (κ1) is 14.2. The van der Waals surface area contributed by atoms with Gasteiger partial charge in [-0.15, -0.1) is 0 Å². The second-order valence-corrected chi connectivity index (χ2v) is 4.49. The van der Waals surface area contributed by atoms with Crippen LogP contribution < -0.4 is 0 Å². The molecule has 98 valence electrons. The summed E-state index contributed by atoms with van der Waals surface area (Å²) < 4.78 is 0. The average Bonchev–Trinajstić information content (AvgIpc) is 2.23. The first-order valence-corrected chi connectivity index (χ1v) is 5.95. The van der Waals surface area contributed by atoms with E-state index in [0.29, 0.717) is 12.1 Å². The minimum Gasteiger partial charge on any atom is -0.480 e. The Labute approximate surface area is 107 Å². The number of hydrogen-bond donors (Lipinski definition) is 1. The second-order valence-electron chi connectivity index (χ2n) is 4.49. The molecule has 0 fully saturated rings. The summed E-state index contributed by atoms with van der Waals surface area (Å²) in [5.74, 6) is -1.21. The van der Waals surface area contributed by atoms with Gasteiger partial charge in [-0.25, -0.2) is 0 Å². The monoisotopic (exact) mass is 249 g/mol. The van der Waals surface area contributed by atoms with E-state index in [9.17, 15) is 9.59 Å². The van der Waals surface area contributed by atoms with Gasteiger partial charge in [0.2, 0.25) is 0 Å². The molecule has 4 nitrogen and oxygen atoms in total. The molecule has 0 radical (unpaired) electrons. The third-order valence-electron chi connectivity index (χ3n) is 2.89. The van der Waals surface area contributed by atoms with Crippen LogP contribution in [-0.4, -0.2) is 35.0 Å². The Morgan fingerprint density at radius 3 is 2.06 bits per heavy atom. The number of nitrogens with zero attached hydrogens (tertiary/aromatic N) is 1. The van der Waals surface area contributed by atoms with Crippen LogP contribution in [0.3, 0.4) is 0 Å². The van der Waals surface area contributed by atoms with Crippen LogP contribution in [0, 0.1) is 20.8 Å². The number of carboxylic acids is 1. The van der Waals surface area contributed by atoms with Crippen molar-refractivity contribution in [1.82, 2.24) is 4.90 Å². The van der Waals surface area contributed by atoms with Crippen LogP contribution in [0.25, 0.3) is 0 Å². The van der Waals surface area contributed by atoms with Gasteiger partial charge in [-0.05, 0) is 38.8 Å². The summed E-state index contributed by atoms with van der Waals surface area (Å²) in [6.45, 7) is 7.63. The Kier molecular flexibility index (Phi) is 4.48. The maximum absolute atomic E-state index is 12.3. The van der Waals surface area contributed by atoms with Gasteiger partial charge in [0.1, 0.15) is 6.54 Å². The zero-order valence-corrected chi connectivity index (χ0v) is 11.3. The highest BCUT2D eigenvalue weighted by Crippen LogP contribution is 2.18. The number of hydrogen-bond acceptors (Lipinski definition) is 2. The maximum atomic E-state index is 12.3. The average molecular weight is 249 g/mol. The van der Waals surface area contributed by atoms with E-state index in [1.54, 1.807) is 6.92 Å². The first-order valence-electron chi connectivity index (χ1n) is 5.95. The molecule has 1 aromatic rings. The summed E-state index contributed by atoms with van der Waals surface area (Å²) in [7, 11) is 0. The molecular formula is C14H19NO3. The van der Waals surface area contributed by atoms with Gasteiger partial charge in [0.05, 0.1) is 0 Å². The van der Waals surface area contributed by atoms with E-state index in [2.05, 4.69) is 0 Å². The van der Waals surface area contributed by atoms with Gasteiger partial charge in [0.15, 0.2) is 0 Å². The van der Waals surface area contributed by atoms with Crippen LogP contribution in [0.5, 0.6) is 0 Å². The van der Waals surface area contributed by atoms with Crippen LogP contribution in [0.2, 0.25) is 0 Å². The highest BCUT2D eigenvalue weighted by atomic mass is 16.4. The molecule has 0 saturated carbocycles. The number of carboxylic acid groups (broad SMARTS) is 1. The van der Waals surface area contributed by atoms with Crippen molar-refractivity contribution in [3.05, 3.63) is 34.4 Å². The molecule has 0 aliphatic carbocycles. The number of benzene rings is 1. The molecule has 4 heteroatoms. The number of amides is 1. The summed E-state index contributed by atoms with van der Waals surface area (Å²) in [4.78, 5) is 24.4. The van der Waals surface area contributed by atoms with Crippen LogP contribution in [0.4, 0.5) is 0 Å². The topological polar surface area (TPSA) is 57.6 Å². The Hall–Kier alpha value is -1.84. The minimum absolute atomic E-state index is 0.213. The highest BCUT2D eigenvalue weighted by Gasteiger charge is 2.20. The van der Waals surface area contributed by atoms with Crippen LogP contribution in [0.1, 0.15) is 34.0 Å². The molecule has 1 aromatic carbocycles. The largest absolute Gasteiger partial charge is 0.480 e. The Balaban J connectivity index is 3.13. The van der Waals surface area contributed by atoms with Crippen LogP contribution in [-0.2, 0) is 4.79 Å². The van der Waals surface area contributed by atoms with Gasteiger partial charge in [-0.3, -0.25) is 9.59 Å².